The molecule has 0 spiro atoms. The van der Waals surface area contributed by atoms with Crippen LogP contribution in [0.4, 0.5) is 10.7 Å². The molecular weight excluding hydrogens is 354 g/mol. The summed E-state index contributed by atoms with van der Waals surface area (Å²) in [5, 5.41) is 10.6. The molecule has 0 atom stereocenters. The Kier molecular flexibility index (Phi) is 7.39. The van der Waals surface area contributed by atoms with Gasteiger partial charge < -0.3 is 20.4 Å². The predicted molar refractivity (Wildman–Crippen MR) is 118 cm³/mol. The summed E-state index contributed by atoms with van der Waals surface area (Å²) in [6, 6.07) is 15.4. The summed E-state index contributed by atoms with van der Waals surface area (Å²) in [5.74, 6) is 0.923. The number of benzene rings is 1. The van der Waals surface area contributed by atoms with E-state index in [2.05, 4.69) is 80.3 Å². The number of hydrogen-bond acceptors (Lipinski definition) is 4. The van der Waals surface area contributed by atoms with Crippen molar-refractivity contribution in [1.82, 2.24) is 10.6 Å². The van der Waals surface area contributed by atoms with E-state index in [0.717, 1.165) is 51.4 Å². The average molecular weight is 386 g/mol. The van der Waals surface area contributed by atoms with Gasteiger partial charge in [0, 0.05) is 52.0 Å². The number of anilines is 2. The minimum atomic E-state index is 0.499. The molecule has 1 aromatic heterocycles. The molecule has 0 bridgehead atoms. The first kappa shape index (κ1) is 19.5. The monoisotopic (exact) mass is 385 g/mol. The number of hydrogen-bond donors (Lipinski definition) is 2. The van der Waals surface area contributed by atoms with Crippen LogP contribution in [0.25, 0.3) is 0 Å². The number of nitrogens with zero attached hydrogens (tertiary/aromatic N) is 3. The smallest absolute Gasteiger partial charge is 0.191 e. The lowest BCUT2D eigenvalue weighted by Crippen LogP contribution is -2.49. The molecule has 3 rings (SSSR count). The van der Waals surface area contributed by atoms with Gasteiger partial charge in [-0.15, -0.1) is 11.3 Å². The number of aliphatic imine (C=N–C) groups is 1. The van der Waals surface area contributed by atoms with Crippen molar-refractivity contribution < 1.29 is 0 Å². The topological polar surface area (TPSA) is 42.9 Å². The van der Waals surface area contributed by atoms with E-state index in [1.807, 2.05) is 18.4 Å². The Hall–Kier alpha value is -2.21. The Balaban J connectivity index is 1.34. The SMILES string of the molecule is CN=C(NCCCN(C)c1ccccc1)NC1CCN(c2cccs2)CC1. The molecule has 6 heteroatoms. The maximum atomic E-state index is 4.40. The summed E-state index contributed by atoms with van der Waals surface area (Å²) in [7, 11) is 4.00. The van der Waals surface area contributed by atoms with Gasteiger partial charge in [0.25, 0.3) is 0 Å². The number of rotatable bonds is 7. The third-order valence-electron chi connectivity index (χ3n) is 5.04. The highest BCUT2D eigenvalue weighted by Gasteiger charge is 2.20. The normalized spacial score (nSPS) is 15.6. The van der Waals surface area contributed by atoms with Crippen molar-refractivity contribution in [3.05, 3.63) is 47.8 Å². The number of para-hydroxylation sites is 1. The van der Waals surface area contributed by atoms with Crippen LogP contribution in [0, 0.1) is 0 Å². The third-order valence-corrected chi connectivity index (χ3v) is 5.97. The fourth-order valence-electron chi connectivity index (χ4n) is 3.42. The first-order valence-corrected chi connectivity index (χ1v) is 10.7. The molecule has 27 heavy (non-hydrogen) atoms. The van der Waals surface area contributed by atoms with E-state index >= 15 is 0 Å². The van der Waals surface area contributed by atoms with Crippen molar-refractivity contribution in [2.24, 2.45) is 4.99 Å². The van der Waals surface area contributed by atoms with Gasteiger partial charge in [0.2, 0.25) is 0 Å². The van der Waals surface area contributed by atoms with Crippen molar-refractivity contribution in [3.63, 3.8) is 0 Å². The van der Waals surface area contributed by atoms with Gasteiger partial charge >= 0.3 is 0 Å². The summed E-state index contributed by atoms with van der Waals surface area (Å²) in [6.07, 6.45) is 3.37. The zero-order valence-electron chi connectivity index (χ0n) is 16.4. The molecule has 0 saturated carbocycles. The first-order chi connectivity index (χ1) is 13.3. The van der Waals surface area contributed by atoms with Crippen molar-refractivity contribution in [2.75, 3.05) is 50.1 Å². The fourth-order valence-corrected chi connectivity index (χ4v) is 4.20. The van der Waals surface area contributed by atoms with Crippen LogP contribution in [-0.4, -0.2) is 52.3 Å². The summed E-state index contributed by atoms with van der Waals surface area (Å²) in [4.78, 5) is 9.17. The first-order valence-electron chi connectivity index (χ1n) is 9.78. The highest BCUT2D eigenvalue weighted by Crippen LogP contribution is 2.24. The maximum absolute atomic E-state index is 4.40. The van der Waals surface area contributed by atoms with Crippen LogP contribution in [0.3, 0.4) is 0 Å². The average Bonchev–Trinajstić information content (AvgIpc) is 3.26. The Morgan fingerprint density at radius 1 is 1.19 bits per heavy atom. The molecule has 2 heterocycles. The van der Waals surface area contributed by atoms with Gasteiger partial charge in [-0.1, -0.05) is 18.2 Å². The minimum Gasteiger partial charge on any atom is -0.375 e. The van der Waals surface area contributed by atoms with Gasteiger partial charge in [-0.3, -0.25) is 4.99 Å². The molecule has 0 amide bonds. The van der Waals surface area contributed by atoms with E-state index in [-0.39, 0.29) is 0 Å². The molecule has 0 unspecified atom stereocenters. The predicted octanol–water partition coefficient (Wildman–Crippen LogP) is 3.41. The molecule has 2 N–H and O–H groups in total. The van der Waals surface area contributed by atoms with Crippen molar-refractivity contribution in [3.8, 4) is 0 Å². The number of guanidine groups is 1. The third kappa shape index (κ3) is 5.89. The molecule has 0 aliphatic carbocycles. The molecular formula is C21H31N5S. The molecule has 2 aromatic rings. The Morgan fingerprint density at radius 3 is 2.63 bits per heavy atom. The standard InChI is InChI=1S/C21H31N5S/c1-22-21(23-13-7-14-25(2)19-8-4-3-5-9-19)24-18-11-15-26(16-12-18)20-10-6-17-27-20/h3-6,8-10,17-18H,7,11-16H2,1-2H3,(H2,22,23,24). The number of nitrogens with one attached hydrogen (secondary N) is 2. The van der Waals surface area contributed by atoms with Gasteiger partial charge in [-0.2, -0.15) is 0 Å². The Morgan fingerprint density at radius 2 is 1.96 bits per heavy atom. The lowest BCUT2D eigenvalue weighted by Gasteiger charge is -2.33. The summed E-state index contributed by atoms with van der Waals surface area (Å²) < 4.78 is 0. The molecule has 1 aliphatic heterocycles. The minimum absolute atomic E-state index is 0.499. The van der Waals surface area contributed by atoms with E-state index in [1.165, 1.54) is 10.7 Å². The zero-order valence-corrected chi connectivity index (χ0v) is 17.2. The van der Waals surface area contributed by atoms with Crippen LogP contribution in [0.1, 0.15) is 19.3 Å². The van der Waals surface area contributed by atoms with Crippen LogP contribution >= 0.6 is 11.3 Å². The van der Waals surface area contributed by atoms with Gasteiger partial charge in [0.1, 0.15) is 0 Å². The van der Waals surface area contributed by atoms with Crippen molar-refractivity contribution >= 4 is 28.0 Å². The van der Waals surface area contributed by atoms with E-state index in [1.54, 1.807) is 0 Å². The van der Waals surface area contributed by atoms with Gasteiger partial charge in [0.05, 0.1) is 5.00 Å². The summed E-state index contributed by atoms with van der Waals surface area (Å²) in [5.41, 5.74) is 1.26. The van der Waals surface area contributed by atoms with E-state index in [0.29, 0.717) is 6.04 Å². The lowest BCUT2D eigenvalue weighted by molar-refractivity contribution is 0.462. The van der Waals surface area contributed by atoms with Crippen molar-refractivity contribution in [2.45, 2.75) is 25.3 Å². The van der Waals surface area contributed by atoms with Crippen LogP contribution in [-0.2, 0) is 0 Å². The van der Waals surface area contributed by atoms with Crippen LogP contribution in [0.15, 0.2) is 52.8 Å². The molecule has 1 saturated heterocycles. The second-order valence-corrected chi connectivity index (χ2v) is 7.89. The highest BCUT2D eigenvalue weighted by atomic mass is 32.1. The molecule has 146 valence electrons. The maximum Gasteiger partial charge on any atom is 0.191 e. The molecule has 1 aliphatic rings. The van der Waals surface area contributed by atoms with Crippen LogP contribution in [0.2, 0.25) is 0 Å². The number of thiophene rings is 1. The quantitative estimate of drug-likeness (QED) is 0.435. The second-order valence-electron chi connectivity index (χ2n) is 6.97. The van der Waals surface area contributed by atoms with Gasteiger partial charge in [-0.25, -0.2) is 0 Å². The summed E-state index contributed by atoms with van der Waals surface area (Å²) >= 11 is 1.83. The molecule has 1 aromatic carbocycles. The molecule has 1 fully saturated rings. The van der Waals surface area contributed by atoms with Crippen LogP contribution < -0.4 is 20.4 Å². The fraction of sp³-hybridized carbons (Fsp3) is 0.476. The molecule has 5 nitrogen and oxygen atoms in total. The summed E-state index contributed by atoms with van der Waals surface area (Å²) in [6.45, 7) is 4.16. The Bertz CT molecular complexity index is 678. The second kappa shape index (κ2) is 10.2. The lowest BCUT2D eigenvalue weighted by atomic mass is 10.1. The largest absolute Gasteiger partial charge is 0.375 e. The van der Waals surface area contributed by atoms with Crippen LogP contribution in [0.5, 0.6) is 0 Å². The van der Waals surface area contributed by atoms with Gasteiger partial charge in [-0.05, 0) is 48.9 Å². The zero-order chi connectivity index (χ0) is 18.9. The Labute approximate surface area is 167 Å². The van der Waals surface area contributed by atoms with E-state index in [4.69, 9.17) is 0 Å². The number of piperidine rings is 1. The van der Waals surface area contributed by atoms with Gasteiger partial charge in [0.15, 0.2) is 5.96 Å². The highest BCUT2D eigenvalue weighted by molar-refractivity contribution is 7.14. The van der Waals surface area contributed by atoms with E-state index < -0.39 is 0 Å². The molecule has 0 radical (unpaired) electrons. The van der Waals surface area contributed by atoms with Crippen molar-refractivity contribution in [1.29, 1.82) is 0 Å². The van der Waals surface area contributed by atoms with E-state index in [9.17, 15) is 0 Å².